The number of benzene rings is 1. The number of carboxylic acids is 1. The monoisotopic (exact) mass is 260 g/mol. The molecule has 8 heteroatoms. The van der Waals surface area contributed by atoms with Gasteiger partial charge in [-0.05, 0) is 6.07 Å². The Kier molecular flexibility index (Phi) is 5.00. The minimum absolute atomic E-state index is 0.0878. The van der Waals surface area contributed by atoms with Crippen molar-refractivity contribution in [2.24, 2.45) is 0 Å². The zero-order valence-electron chi connectivity index (χ0n) is 9.07. The molecule has 18 heavy (non-hydrogen) atoms. The van der Waals surface area contributed by atoms with Crippen LogP contribution >= 0.6 is 0 Å². The van der Waals surface area contributed by atoms with Gasteiger partial charge in [0.2, 0.25) is 0 Å². The second-order valence-corrected chi connectivity index (χ2v) is 3.20. The first-order chi connectivity index (χ1) is 8.49. The normalized spacial score (nSPS) is 9.89. The molecule has 0 radical (unpaired) electrons. The molecule has 0 aliphatic rings. The van der Waals surface area contributed by atoms with Crippen LogP contribution in [0.3, 0.4) is 0 Å². The Morgan fingerprint density at radius 3 is 2.67 bits per heavy atom. The maximum absolute atomic E-state index is 13.1. The van der Waals surface area contributed by atoms with Crippen molar-refractivity contribution in [3.63, 3.8) is 0 Å². The Morgan fingerprint density at radius 2 is 2.06 bits per heavy atom. The number of nitrogens with one attached hydrogen (secondary N) is 2. The Bertz CT molecular complexity index is 454. The van der Waals surface area contributed by atoms with E-state index in [1.165, 1.54) is 6.07 Å². The highest BCUT2D eigenvalue weighted by atomic mass is 19.1. The Labute approximate surface area is 101 Å². The van der Waals surface area contributed by atoms with Crippen molar-refractivity contribution in [3.05, 3.63) is 35.4 Å². The van der Waals surface area contributed by atoms with Gasteiger partial charge in [-0.25, -0.2) is 23.9 Å². The lowest BCUT2D eigenvalue weighted by Crippen LogP contribution is -2.36. The SMILES string of the molecule is O=C(O)CONC(=O)NCc1ccc(F)cc1F. The van der Waals surface area contributed by atoms with E-state index in [4.69, 9.17) is 5.11 Å². The molecule has 0 unspecified atom stereocenters. The molecule has 1 aromatic carbocycles. The molecule has 0 aromatic heterocycles. The van der Waals surface area contributed by atoms with Crippen molar-refractivity contribution in [1.82, 2.24) is 10.8 Å². The number of aliphatic carboxylic acids is 1. The maximum atomic E-state index is 13.1. The van der Waals surface area contributed by atoms with Gasteiger partial charge in [0.25, 0.3) is 0 Å². The third-order valence-electron chi connectivity index (χ3n) is 1.82. The molecule has 0 saturated carbocycles. The minimum atomic E-state index is -1.25. The van der Waals surface area contributed by atoms with Gasteiger partial charge in [0, 0.05) is 18.2 Å². The maximum Gasteiger partial charge on any atom is 0.338 e. The first-order valence-electron chi connectivity index (χ1n) is 4.80. The lowest BCUT2D eigenvalue weighted by Gasteiger charge is -2.07. The number of amides is 2. The first kappa shape index (κ1) is 13.8. The van der Waals surface area contributed by atoms with Crippen molar-refractivity contribution in [1.29, 1.82) is 0 Å². The van der Waals surface area contributed by atoms with Crippen molar-refractivity contribution >= 4 is 12.0 Å². The molecule has 0 heterocycles. The second kappa shape index (κ2) is 6.50. The van der Waals surface area contributed by atoms with E-state index in [9.17, 15) is 18.4 Å². The van der Waals surface area contributed by atoms with Gasteiger partial charge in [0.1, 0.15) is 11.6 Å². The van der Waals surface area contributed by atoms with E-state index in [0.29, 0.717) is 6.07 Å². The first-order valence-corrected chi connectivity index (χ1v) is 4.80. The van der Waals surface area contributed by atoms with Crippen LogP contribution in [0, 0.1) is 11.6 Å². The fourth-order valence-corrected chi connectivity index (χ4v) is 1.04. The second-order valence-electron chi connectivity index (χ2n) is 3.20. The summed E-state index contributed by atoms with van der Waals surface area (Å²) in [6, 6.07) is 2.10. The van der Waals surface area contributed by atoms with Gasteiger partial charge in [-0.2, -0.15) is 0 Å². The van der Waals surface area contributed by atoms with Crippen molar-refractivity contribution in [2.75, 3.05) is 6.61 Å². The van der Waals surface area contributed by atoms with Crippen LogP contribution in [0.5, 0.6) is 0 Å². The molecule has 0 aliphatic carbocycles. The smallest absolute Gasteiger partial charge is 0.338 e. The third kappa shape index (κ3) is 4.74. The number of carbonyl (C=O) groups excluding carboxylic acids is 1. The number of halogens is 2. The minimum Gasteiger partial charge on any atom is -0.479 e. The van der Waals surface area contributed by atoms with E-state index in [2.05, 4.69) is 10.2 Å². The van der Waals surface area contributed by atoms with Gasteiger partial charge in [-0.3, -0.25) is 4.84 Å². The van der Waals surface area contributed by atoms with E-state index in [1.807, 2.05) is 0 Å². The summed E-state index contributed by atoms with van der Waals surface area (Å²) in [5.74, 6) is -2.76. The number of hydroxylamine groups is 1. The van der Waals surface area contributed by atoms with Gasteiger partial charge >= 0.3 is 12.0 Å². The van der Waals surface area contributed by atoms with Gasteiger partial charge < -0.3 is 10.4 Å². The summed E-state index contributed by atoms with van der Waals surface area (Å²) < 4.78 is 25.7. The molecule has 98 valence electrons. The molecular formula is C10H10F2N2O4. The Morgan fingerprint density at radius 1 is 1.33 bits per heavy atom. The summed E-state index contributed by atoms with van der Waals surface area (Å²) >= 11 is 0. The largest absolute Gasteiger partial charge is 0.479 e. The molecule has 1 rings (SSSR count). The molecule has 0 spiro atoms. The lowest BCUT2D eigenvalue weighted by atomic mass is 10.2. The van der Waals surface area contributed by atoms with Crippen LogP contribution in [0.15, 0.2) is 18.2 Å². The Hall–Kier alpha value is -2.22. The molecule has 6 nitrogen and oxygen atoms in total. The molecule has 0 atom stereocenters. The molecule has 3 N–H and O–H groups in total. The van der Waals surface area contributed by atoms with Crippen molar-refractivity contribution in [3.8, 4) is 0 Å². The van der Waals surface area contributed by atoms with Crippen LogP contribution in [-0.2, 0) is 16.2 Å². The summed E-state index contributed by atoms with van der Waals surface area (Å²) in [6.45, 7) is -0.882. The van der Waals surface area contributed by atoms with Gasteiger partial charge in [-0.1, -0.05) is 6.07 Å². The molecule has 0 bridgehead atoms. The highest BCUT2D eigenvalue weighted by Gasteiger charge is 2.06. The van der Waals surface area contributed by atoms with E-state index in [1.54, 1.807) is 5.48 Å². The summed E-state index contributed by atoms with van der Waals surface area (Å²) in [5, 5.41) is 10.4. The van der Waals surface area contributed by atoms with Crippen LogP contribution in [0.25, 0.3) is 0 Å². The van der Waals surface area contributed by atoms with Crippen LogP contribution in [0.1, 0.15) is 5.56 Å². The predicted molar refractivity (Wildman–Crippen MR) is 55.3 cm³/mol. The van der Waals surface area contributed by atoms with E-state index < -0.39 is 30.2 Å². The van der Waals surface area contributed by atoms with E-state index in [-0.39, 0.29) is 12.1 Å². The molecule has 0 fully saturated rings. The number of urea groups is 1. The number of hydrogen-bond donors (Lipinski definition) is 3. The van der Waals surface area contributed by atoms with Crippen molar-refractivity contribution < 1.29 is 28.3 Å². The summed E-state index contributed by atoms with van der Waals surface area (Å²) in [6.07, 6.45) is 0. The van der Waals surface area contributed by atoms with Crippen molar-refractivity contribution in [2.45, 2.75) is 6.54 Å². The highest BCUT2D eigenvalue weighted by molar-refractivity contribution is 5.73. The summed E-state index contributed by atoms with van der Waals surface area (Å²) in [7, 11) is 0. The molecular weight excluding hydrogens is 250 g/mol. The van der Waals surface area contributed by atoms with Gasteiger partial charge in [0.05, 0.1) is 0 Å². The van der Waals surface area contributed by atoms with Crippen LogP contribution < -0.4 is 10.8 Å². The number of hydrogen-bond acceptors (Lipinski definition) is 3. The number of carbonyl (C=O) groups is 2. The number of rotatable bonds is 5. The molecule has 1 aromatic rings. The molecule has 0 saturated heterocycles. The fraction of sp³-hybridized carbons (Fsp3) is 0.200. The zero-order chi connectivity index (χ0) is 13.5. The summed E-state index contributed by atoms with van der Waals surface area (Å²) in [5.41, 5.74) is 1.88. The predicted octanol–water partition coefficient (Wildman–Crippen LogP) is 0.780. The fourth-order valence-electron chi connectivity index (χ4n) is 1.04. The highest BCUT2D eigenvalue weighted by Crippen LogP contribution is 2.08. The average molecular weight is 260 g/mol. The molecule has 0 aliphatic heterocycles. The third-order valence-corrected chi connectivity index (χ3v) is 1.82. The average Bonchev–Trinajstić information content (AvgIpc) is 2.27. The van der Waals surface area contributed by atoms with Gasteiger partial charge in [-0.15, -0.1) is 0 Å². The lowest BCUT2D eigenvalue weighted by molar-refractivity contribution is -0.144. The van der Waals surface area contributed by atoms with Crippen LogP contribution in [-0.4, -0.2) is 23.7 Å². The topological polar surface area (TPSA) is 87.7 Å². The van der Waals surface area contributed by atoms with Gasteiger partial charge in [0.15, 0.2) is 6.61 Å². The van der Waals surface area contributed by atoms with E-state index in [0.717, 1.165) is 6.07 Å². The van der Waals surface area contributed by atoms with E-state index >= 15 is 0 Å². The number of carboxylic acid groups (broad SMARTS) is 1. The quantitative estimate of drug-likeness (QED) is 0.683. The standard InChI is InChI=1S/C10H10F2N2O4/c11-7-2-1-6(8(12)3-7)4-13-10(17)14-18-5-9(15)16/h1-3H,4-5H2,(H,15,16)(H2,13,14,17). The summed E-state index contributed by atoms with van der Waals surface area (Å²) in [4.78, 5) is 25.4. The van der Waals surface area contributed by atoms with Crippen LogP contribution in [0.4, 0.5) is 13.6 Å². The van der Waals surface area contributed by atoms with Crippen LogP contribution in [0.2, 0.25) is 0 Å². The molecule has 2 amide bonds. The Balaban J connectivity index is 2.36. The zero-order valence-corrected chi connectivity index (χ0v) is 9.07.